The monoisotopic (exact) mass is 575 g/mol. The Morgan fingerprint density at radius 2 is 1.81 bits per heavy atom. The van der Waals surface area contributed by atoms with Crippen molar-refractivity contribution < 1.29 is 14.7 Å². The van der Waals surface area contributed by atoms with Crippen LogP contribution in [0.15, 0.2) is 40.8 Å². The number of hydrogen-bond donors (Lipinski definition) is 3. The quantitative estimate of drug-likeness (QED) is 0.187. The number of rotatable bonds is 7. The average molecular weight is 577 g/mol. The lowest BCUT2D eigenvalue weighted by molar-refractivity contribution is 0.0950. The topological polar surface area (TPSA) is 109 Å². The van der Waals surface area contributed by atoms with Crippen LogP contribution in [-0.4, -0.2) is 32.4 Å². The van der Waals surface area contributed by atoms with E-state index >= 15 is 0 Å². The minimum absolute atomic E-state index is 0.0352. The Kier molecular flexibility index (Phi) is 8.03. The molecule has 3 heterocycles. The van der Waals surface area contributed by atoms with E-state index in [1.807, 2.05) is 20.9 Å². The number of nitrogens with zero attached hydrogens (tertiary/aromatic N) is 3. The summed E-state index contributed by atoms with van der Waals surface area (Å²) < 4.78 is 1.77. The number of hydrogen-bond acceptors (Lipinski definition) is 7. The first kappa shape index (κ1) is 26.9. The van der Waals surface area contributed by atoms with Gasteiger partial charge < -0.3 is 10.4 Å². The van der Waals surface area contributed by atoms with E-state index < -0.39 is 5.91 Å². The maximum Gasteiger partial charge on any atom is 0.281 e. The minimum atomic E-state index is -0.457. The Morgan fingerprint density at radius 1 is 1.11 bits per heavy atom. The van der Waals surface area contributed by atoms with Gasteiger partial charge in [0.2, 0.25) is 0 Å². The number of benzene rings is 1. The highest BCUT2D eigenvalue weighted by molar-refractivity contribution is 7.16. The lowest BCUT2D eigenvalue weighted by Crippen LogP contribution is -2.22. The molecular formula is C25H23Cl2N5O3S2. The molecule has 12 heteroatoms. The van der Waals surface area contributed by atoms with Gasteiger partial charge in [-0.05, 0) is 50.6 Å². The van der Waals surface area contributed by atoms with Gasteiger partial charge in [-0.3, -0.25) is 14.3 Å². The molecule has 192 valence electrons. The smallest absolute Gasteiger partial charge is 0.281 e. The summed E-state index contributed by atoms with van der Waals surface area (Å²) in [6, 6.07) is 8.28. The fraction of sp³-hybridized carbons (Fsp3) is 0.200. The number of carbonyl (C=O) groups is 2. The van der Waals surface area contributed by atoms with Crippen LogP contribution < -0.4 is 10.7 Å². The van der Waals surface area contributed by atoms with Crippen LogP contribution in [0.5, 0.6) is 5.75 Å². The summed E-state index contributed by atoms with van der Waals surface area (Å²) in [5.41, 5.74) is 6.93. The van der Waals surface area contributed by atoms with Crippen molar-refractivity contribution in [3.63, 3.8) is 0 Å². The van der Waals surface area contributed by atoms with Gasteiger partial charge in [0.25, 0.3) is 11.8 Å². The molecule has 0 saturated heterocycles. The van der Waals surface area contributed by atoms with Crippen LogP contribution in [0, 0.1) is 13.8 Å². The lowest BCUT2D eigenvalue weighted by atomic mass is 10.1. The largest absolute Gasteiger partial charge is 0.506 e. The third kappa shape index (κ3) is 5.72. The summed E-state index contributed by atoms with van der Waals surface area (Å²) in [7, 11) is 1.86. The highest BCUT2D eigenvalue weighted by atomic mass is 35.5. The second-order valence-corrected chi connectivity index (χ2v) is 11.0. The van der Waals surface area contributed by atoms with Gasteiger partial charge >= 0.3 is 0 Å². The lowest BCUT2D eigenvalue weighted by Gasteiger charge is -2.04. The number of aromatic hydroxyl groups is 1. The molecule has 3 aromatic heterocycles. The number of aromatic nitrogens is 2. The molecule has 37 heavy (non-hydrogen) atoms. The van der Waals surface area contributed by atoms with Crippen LogP contribution in [0.25, 0.3) is 10.4 Å². The standard InChI is InChI=1S/C25H23Cl2N5O3S2/c1-12(17-11-36-23(22(17)33)15-5-6-18(26)19(27)9-15)29-30-25(35)21-8-7-20(37-21)24(34)28-10-16-13(2)31-32(4)14(16)3/h5-9,11,33H,10H2,1-4H3,(H,28,34)(H,30,35)/b29-12+. The minimum Gasteiger partial charge on any atom is -0.506 e. The number of carbonyl (C=O) groups excluding carboxylic acids is 2. The molecule has 0 aliphatic carbocycles. The van der Waals surface area contributed by atoms with Crippen molar-refractivity contribution in [3.8, 4) is 16.2 Å². The van der Waals surface area contributed by atoms with Gasteiger partial charge in [0.15, 0.2) is 0 Å². The van der Waals surface area contributed by atoms with Crippen molar-refractivity contribution in [2.24, 2.45) is 12.1 Å². The summed E-state index contributed by atoms with van der Waals surface area (Å²) >= 11 is 14.5. The van der Waals surface area contributed by atoms with Crippen molar-refractivity contribution in [1.82, 2.24) is 20.5 Å². The molecule has 2 amide bonds. The first-order valence-electron chi connectivity index (χ1n) is 11.0. The Hall–Kier alpha value is -3.18. The summed E-state index contributed by atoms with van der Waals surface area (Å²) in [6.07, 6.45) is 0. The Labute approximate surface area is 231 Å². The molecule has 0 fully saturated rings. The SMILES string of the molecule is C/C(=N\NC(=O)c1ccc(C(=O)NCc2c(C)nn(C)c2C)s1)c1csc(-c2ccc(Cl)c(Cl)c2)c1O. The van der Waals surface area contributed by atoms with Gasteiger partial charge in [-0.25, -0.2) is 5.43 Å². The van der Waals surface area contributed by atoms with E-state index in [1.54, 1.807) is 47.3 Å². The zero-order chi connectivity index (χ0) is 26.9. The molecule has 0 unspecified atom stereocenters. The van der Waals surface area contributed by atoms with Gasteiger partial charge in [0.1, 0.15) is 5.75 Å². The van der Waals surface area contributed by atoms with Gasteiger partial charge in [-0.1, -0.05) is 29.3 Å². The molecule has 0 aliphatic rings. The molecule has 0 saturated carbocycles. The first-order chi connectivity index (χ1) is 17.6. The third-order valence-electron chi connectivity index (χ3n) is 5.80. The van der Waals surface area contributed by atoms with E-state index in [9.17, 15) is 14.7 Å². The molecule has 0 aliphatic heterocycles. The van der Waals surface area contributed by atoms with Gasteiger partial charge in [0.05, 0.1) is 41.6 Å². The Balaban J connectivity index is 1.40. The normalized spacial score (nSPS) is 11.6. The van der Waals surface area contributed by atoms with Crippen molar-refractivity contribution in [2.45, 2.75) is 27.3 Å². The van der Waals surface area contributed by atoms with Crippen LogP contribution in [-0.2, 0) is 13.6 Å². The van der Waals surface area contributed by atoms with E-state index in [-0.39, 0.29) is 11.7 Å². The van der Waals surface area contributed by atoms with E-state index in [1.165, 1.54) is 11.3 Å². The van der Waals surface area contributed by atoms with Crippen molar-refractivity contribution in [2.75, 3.05) is 0 Å². The van der Waals surface area contributed by atoms with Crippen molar-refractivity contribution in [1.29, 1.82) is 0 Å². The van der Waals surface area contributed by atoms with Crippen LogP contribution in [0.1, 0.15) is 48.8 Å². The molecule has 4 aromatic rings. The highest BCUT2D eigenvalue weighted by Gasteiger charge is 2.18. The van der Waals surface area contributed by atoms with Crippen LogP contribution >= 0.6 is 45.9 Å². The third-order valence-corrected chi connectivity index (χ3v) is 8.64. The number of aryl methyl sites for hydroxylation is 2. The molecular weight excluding hydrogens is 553 g/mol. The molecule has 3 N–H and O–H groups in total. The summed E-state index contributed by atoms with van der Waals surface area (Å²) in [4.78, 5) is 26.6. The predicted molar refractivity (Wildman–Crippen MR) is 149 cm³/mol. The van der Waals surface area contributed by atoms with Gasteiger partial charge in [-0.2, -0.15) is 10.2 Å². The predicted octanol–water partition coefficient (Wildman–Crippen LogP) is 5.92. The summed E-state index contributed by atoms with van der Waals surface area (Å²) in [5.74, 6) is -0.695. The van der Waals surface area contributed by atoms with Crippen molar-refractivity contribution >= 4 is 63.4 Å². The molecule has 0 radical (unpaired) electrons. The van der Waals surface area contributed by atoms with E-state index in [2.05, 4.69) is 20.9 Å². The summed E-state index contributed by atoms with van der Waals surface area (Å²) in [5, 5.41) is 24.6. The molecule has 4 rings (SSSR count). The average Bonchev–Trinajstić information content (AvgIpc) is 3.56. The van der Waals surface area contributed by atoms with Crippen LogP contribution in [0.4, 0.5) is 0 Å². The molecule has 0 bridgehead atoms. The highest BCUT2D eigenvalue weighted by Crippen LogP contribution is 2.40. The van der Waals surface area contributed by atoms with Crippen LogP contribution in [0.3, 0.4) is 0 Å². The first-order valence-corrected chi connectivity index (χ1v) is 13.5. The number of hydrazone groups is 1. The van der Waals surface area contributed by atoms with Gasteiger partial charge in [0, 0.05) is 30.2 Å². The van der Waals surface area contributed by atoms with Crippen LogP contribution in [0.2, 0.25) is 10.0 Å². The fourth-order valence-corrected chi connectivity index (χ4v) is 5.72. The molecule has 8 nitrogen and oxygen atoms in total. The number of nitrogens with one attached hydrogen (secondary N) is 2. The van der Waals surface area contributed by atoms with E-state index in [0.717, 1.165) is 33.9 Å². The zero-order valence-corrected chi connectivity index (χ0v) is 23.5. The number of amides is 2. The Morgan fingerprint density at radius 3 is 2.46 bits per heavy atom. The maximum absolute atomic E-state index is 12.6. The maximum atomic E-state index is 12.6. The zero-order valence-electron chi connectivity index (χ0n) is 20.3. The second kappa shape index (κ2) is 11.1. The van der Waals surface area contributed by atoms with E-state index in [4.69, 9.17) is 23.2 Å². The number of halogens is 2. The van der Waals surface area contributed by atoms with E-state index in [0.29, 0.717) is 42.5 Å². The Bertz CT molecular complexity index is 1540. The molecule has 0 spiro atoms. The molecule has 0 atom stereocenters. The second-order valence-electron chi connectivity index (χ2n) is 8.21. The fourth-order valence-electron chi connectivity index (χ4n) is 3.61. The number of thiophene rings is 2. The summed E-state index contributed by atoms with van der Waals surface area (Å²) in [6.45, 7) is 5.87. The van der Waals surface area contributed by atoms with Gasteiger partial charge in [-0.15, -0.1) is 22.7 Å². The van der Waals surface area contributed by atoms with Crippen molar-refractivity contribution in [3.05, 3.63) is 78.0 Å². The molecule has 1 aromatic carbocycles.